The van der Waals surface area contributed by atoms with Crippen LogP contribution in [0.2, 0.25) is 0 Å². The zero-order valence-electron chi connectivity index (χ0n) is 13.1. The Bertz CT molecular complexity index is 858. The summed E-state index contributed by atoms with van der Waals surface area (Å²) in [6.07, 6.45) is 1.30. The van der Waals surface area contributed by atoms with E-state index in [0.717, 1.165) is 21.9 Å². The number of benzene rings is 2. The molecule has 0 saturated heterocycles. The van der Waals surface area contributed by atoms with Crippen LogP contribution < -0.4 is 0 Å². The summed E-state index contributed by atoms with van der Waals surface area (Å²) in [6.45, 7) is 5.72. The predicted molar refractivity (Wildman–Crippen MR) is 90.1 cm³/mol. The van der Waals surface area contributed by atoms with Gasteiger partial charge in [0, 0.05) is 6.42 Å². The third-order valence-corrected chi connectivity index (χ3v) is 4.03. The third-order valence-electron chi connectivity index (χ3n) is 4.03. The van der Waals surface area contributed by atoms with E-state index in [-0.39, 0.29) is 6.42 Å². The van der Waals surface area contributed by atoms with Crippen LogP contribution in [0.5, 0.6) is 0 Å². The van der Waals surface area contributed by atoms with Crippen molar-refractivity contribution in [3.63, 3.8) is 0 Å². The van der Waals surface area contributed by atoms with E-state index in [9.17, 15) is 15.8 Å². The first-order valence-corrected chi connectivity index (χ1v) is 7.43. The zero-order chi connectivity index (χ0) is 16.9. The minimum absolute atomic E-state index is 0.251. The van der Waals surface area contributed by atoms with E-state index < -0.39 is 5.41 Å². The lowest BCUT2D eigenvalue weighted by Crippen LogP contribution is -2.20. The van der Waals surface area contributed by atoms with Gasteiger partial charge in [-0.3, -0.25) is 0 Å². The second-order valence-electron chi connectivity index (χ2n) is 5.87. The van der Waals surface area contributed by atoms with E-state index in [1.54, 1.807) is 0 Å². The first-order valence-electron chi connectivity index (χ1n) is 7.43. The summed E-state index contributed by atoms with van der Waals surface area (Å²) in [5.41, 5.74) is 1.11. The lowest BCUT2D eigenvalue weighted by Gasteiger charge is -2.20. The van der Waals surface area contributed by atoms with E-state index in [2.05, 4.69) is 24.8 Å². The molecule has 0 saturated carbocycles. The van der Waals surface area contributed by atoms with Crippen molar-refractivity contribution in [3.8, 4) is 18.2 Å². The number of fused-ring (bicyclic) bond motifs is 1. The second-order valence-corrected chi connectivity index (χ2v) is 5.87. The maximum absolute atomic E-state index is 9.55. The highest BCUT2D eigenvalue weighted by Gasteiger charge is 2.31. The highest BCUT2D eigenvalue weighted by molar-refractivity contribution is 5.89. The molecule has 0 aromatic heterocycles. The molecule has 23 heavy (non-hydrogen) atoms. The van der Waals surface area contributed by atoms with Gasteiger partial charge in [0.05, 0.1) is 17.7 Å². The van der Waals surface area contributed by atoms with E-state index in [1.807, 2.05) is 43.3 Å². The summed E-state index contributed by atoms with van der Waals surface area (Å²) >= 11 is 0. The van der Waals surface area contributed by atoms with Crippen LogP contribution >= 0.6 is 0 Å². The Hall–Kier alpha value is -3.09. The van der Waals surface area contributed by atoms with Gasteiger partial charge < -0.3 is 0 Å². The van der Waals surface area contributed by atoms with Gasteiger partial charge in [0.2, 0.25) is 0 Å². The average molecular weight is 299 g/mol. The maximum Gasteiger partial charge on any atom is 0.148 e. The minimum Gasteiger partial charge on any atom is -0.197 e. The molecule has 0 bridgehead atoms. The van der Waals surface area contributed by atoms with E-state index in [1.165, 1.54) is 0 Å². The first kappa shape index (κ1) is 16.3. The fraction of sp³-hybridized carbons (Fsp3) is 0.250. The van der Waals surface area contributed by atoms with Crippen molar-refractivity contribution in [2.45, 2.75) is 26.2 Å². The van der Waals surface area contributed by atoms with Gasteiger partial charge in [-0.1, -0.05) is 42.0 Å². The van der Waals surface area contributed by atoms with Crippen LogP contribution in [-0.4, -0.2) is 0 Å². The number of allylic oxidation sites excluding steroid dienone is 1. The van der Waals surface area contributed by atoms with Crippen LogP contribution in [0.25, 0.3) is 10.8 Å². The molecule has 3 heteroatoms. The Kier molecular flexibility index (Phi) is 4.80. The second kappa shape index (κ2) is 6.78. The minimum atomic E-state index is -1.13. The largest absolute Gasteiger partial charge is 0.197 e. The van der Waals surface area contributed by atoms with Crippen LogP contribution in [0, 0.1) is 39.4 Å². The fourth-order valence-corrected chi connectivity index (χ4v) is 2.65. The number of hydrogen-bond donors (Lipinski definition) is 0. The van der Waals surface area contributed by atoms with Gasteiger partial charge >= 0.3 is 0 Å². The van der Waals surface area contributed by atoms with E-state index >= 15 is 0 Å². The van der Waals surface area contributed by atoms with Crippen molar-refractivity contribution in [1.82, 2.24) is 0 Å². The summed E-state index contributed by atoms with van der Waals surface area (Å²) in [4.78, 5) is 0. The van der Waals surface area contributed by atoms with Crippen molar-refractivity contribution in [3.05, 3.63) is 59.7 Å². The van der Waals surface area contributed by atoms with Crippen LogP contribution in [-0.2, 0) is 6.42 Å². The Balaban J connectivity index is 2.48. The maximum atomic E-state index is 9.55. The van der Waals surface area contributed by atoms with Crippen LogP contribution in [0.15, 0.2) is 48.6 Å². The van der Waals surface area contributed by atoms with Gasteiger partial charge in [-0.25, -0.2) is 0 Å². The van der Waals surface area contributed by atoms with Crippen molar-refractivity contribution in [2.24, 2.45) is 5.41 Å². The Morgan fingerprint density at radius 2 is 1.78 bits per heavy atom. The Morgan fingerprint density at radius 1 is 1.09 bits per heavy atom. The molecule has 0 N–H and O–H groups in total. The lowest BCUT2D eigenvalue weighted by atomic mass is 9.78. The number of nitriles is 3. The Labute approximate surface area is 136 Å². The molecule has 0 heterocycles. The summed E-state index contributed by atoms with van der Waals surface area (Å²) < 4.78 is 0. The van der Waals surface area contributed by atoms with Crippen LogP contribution in [0.1, 0.15) is 30.9 Å². The molecule has 0 unspecified atom stereocenters. The molecule has 0 fully saturated rings. The summed E-state index contributed by atoms with van der Waals surface area (Å²) in [7, 11) is 0. The molecule has 0 atom stereocenters. The van der Waals surface area contributed by atoms with Crippen molar-refractivity contribution < 1.29 is 0 Å². The topological polar surface area (TPSA) is 71.4 Å². The molecule has 0 aliphatic heterocycles. The van der Waals surface area contributed by atoms with Crippen molar-refractivity contribution in [2.75, 3.05) is 0 Å². The van der Waals surface area contributed by atoms with Gasteiger partial charge in [-0.05, 0) is 36.1 Å². The molecule has 0 spiro atoms. The summed E-state index contributed by atoms with van der Waals surface area (Å²) in [6, 6.07) is 18.0. The van der Waals surface area contributed by atoms with E-state index in [0.29, 0.717) is 18.4 Å². The van der Waals surface area contributed by atoms with Gasteiger partial charge in [-0.15, -0.1) is 6.58 Å². The molecular formula is C20H17N3. The van der Waals surface area contributed by atoms with Gasteiger partial charge in [-0.2, -0.15) is 15.8 Å². The predicted octanol–water partition coefficient (Wildman–Crippen LogP) is 4.64. The number of rotatable bonds is 5. The molecule has 112 valence electrons. The molecule has 3 nitrogen and oxygen atoms in total. The SMILES string of the molecule is C=C(C)CCC(C#N)(C#N)Cc1ccc2ccccc2c1C#N. The number of hydrogen-bond acceptors (Lipinski definition) is 3. The molecule has 2 rings (SSSR count). The molecule has 0 aliphatic carbocycles. The van der Waals surface area contributed by atoms with Crippen molar-refractivity contribution >= 4 is 10.8 Å². The molecule has 0 amide bonds. The monoisotopic (exact) mass is 299 g/mol. The third kappa shape index (κ3) is 3.39. The molecular weight excluding hydrogens is 282 g/mol. The normalized spacial score (nSPS) is 10.5. The van der Waals surface area contributed by atoms with Crippen LogP contribution in [0.3, 0.4) is 0 Å². The smallest absolute Gasteiger partial charge is 0.148 e. The molecule has 2 aromatic rings. The quantitative estimate of drug-likeness (QED) is 0.755. The lowest BCUT2D eigenvalue weighted by molar-refractivity contribution is 0.473. The van der Waals surface area contributed by atoms with E-state index in [4.69, 9.17) is 0 Å². The van der Waals surface area contributed by atoms with Gasteiger partial charge in [0.1, 0.15) is 11.5 Å². The zero-order valence-corrected chi connectivity index (χ0v) is 13.1. The standard InChI is InChI=1S/C20H17N3/c1-15(2)9-10-20(13-22,14-23)11-17-8-7-16-5-3-4-6-18(16)19(17)12-21/h3-8H,1,9-11H2,2H3. The average Bonchev–Trinajstić information content (AvgIpc) is 2.58. The van der Waals surface area contributed by atoms with Gasteiger partial charge in [0.15, 0.2) is 0 Å². The highest BCUT2D eigenvalue weighted by Crippen LogP contribution is 2.32. The van der Waals surface area contributed by atoms with Crippen LogP contribution in [0.4, 0.5) is 0 Å². The molecule has 0 aliphatic rings. The molecule has 0 radical (unpaired) electrons. The highest BCUT2D eigenvalue weighted by atomic mass is 14.4. The number of nitrogens with zero attached hydrogens (tertiary/aromatic N) is 3. The van der Waals surface area contributed by atoms with Gasteiger partial charge in [0.25, 0.3) is 0 Å². The Morgan fingerprint density at radius 3 is 2.39 bits per heavy atom. The molecule has 2 aromatic carbocycles. The summed E-state index contributed by atoms with van der Waals surface area (Å²) in [5.74, 6) is 0. The van der Waals surface area contributed by atoms with Crippen molar-refractivity contribution in [1.29, 1.82) is 15.8 Å². The fourth-order valence-electron chi connectivity index (χ4n) is 2.65. The first-order chi connectivity index (χ1) is 11.0. The summed E-state index contributed by atoms with van der Waals surface area (Å²) in [5, 5.41) is 30.5.